The molecule has 2 amide bonds. The molecule has 0 bridgehead atoms. The Bertz CT molecular complexity index is 600. The first-order valence-electron chi connectivity index (χ1n) is 8.68. The van der Waals surface area contributed by atoms with Crippen LogP contribution in [0.2, 0.25) is 0 Å². The second-order valence-electron chi connectivity index (χ2n) is 6.64. The van der Waals surface area contributed by atoms with E-state index < -0.39 is 0 Å². The number of ether oxygens (including phenoxy) is 1. The second kappa shape index (κ2) is 6.82. The average Bonchev–Trinajstić information content (AvgIpc) is 3.31. The van der Waals surface area contributed by atoms with Crippen molar-refractivity contribution in [2.45, 2.75) is 24.9 Å². The zero-order valence-electron chi connectivity index (χ0n) is 13.7. The van der Waals surface area contributed by atoms with Gasteiger partial charge in [0.1, 0.15) is 0 Å². The molecule has 0 aromatic carbocycles. The summed E-state index contributed by atoms with van der Waals surface area (Å²) in [5.74, 6) is 0.280. The Balaban J connectivity index is 1.39. The topological polar surface area (TPSA) is 53.1 Å². The Morgan fingerprint density at radius 3 is 2.79 bits per heavy atom. The Kier molecular flexibility index (Phi) is 4.56. The molecule has 6 nitrogen and oxygen atoms in total. The number of carbonyl (C=O) groups is 2. The predicted molar refractivity (Wildman–Crippen MR) is 91.1 cm³/mol. The lowest BCUT2D eigenvalue weighted by Crippen LogP contribution is -2.45. The summed E-state index contributed by atoms with van der Waals surface area (Å²) in [6.45, 7) is 5.87. The van der Waals surface area contributed by atoms with Crippen LogP contribution in [0.4, 0.5) is 0 Å². The molecule has 4 heterocycles. The van der Waals surface area contributed by atoms with E-state index in [4.69, 9.17) is 4.74 Å². The average molecular weight is 349 g/mol. The number of carbonyl (C=O) groups excluding carboxylic acids is 2. The molecule has 3 saturated heterocycles. The third-order valence-corrected chi connectivity index (χ3v) is 6.23. The molecule has 7 heteroatoms. The van der Waals surface area contributed by atoms with E-state index in [-0.39, 0.29) is 23.9 Å². The molecule has 0 radical (unpaired) electrons. The summed E-state index contributed by atoms with van der Waals surface area (Å²) in [7, 11) is 0. The zero-order valence-corrected chi connectivity index (χ0v) is 14.5. The van der Waals surface area contributed by atoms with Crippen molar-refractivity contribution in [3.05, 3.63) is 22.4 Å². The molecule has 0 saturated carbocycles. The summed E-state index contributed by atoms with van der Waals surface area (Å²) >= 11 is 1.47. The van der Waals surface area contributed by atoms with Gasteiger partial charge >= 0.3 is 0 Å². The monoisotopic (exact) mass is 349 g/mol. The van der Waals surface area contributed by atoms with Crippen LogP contribution in [0.25, 0.3) is 0 Å². The summed E-state index contributed by atoms with van der Waals surface area (Å²) in [6.07, 6.45) is 1.38. The van der Waals surface area contributed by atoms with Gasteiger partial charge in [0.15, 0.2) is 0 Å². The van der Waals surface area contributed by atoms with Crippen LogP contribution in [0.5, 0.6) is 0 Å². The van der Waals surface area contributed by atoms with Gasteiger partial charge in [-0.2, -0.15) is 0 Å². The number of nitrogens with zero attached hydrogens (tertiary/aromatic N) is 3. The quantitative estimate of drug-likeness (QED) is 0.810. The van der Waals surface area contributed by atoms with E-state index >= 15 is 0 Å². The van der Waals surface area contributed by atoms with Crippen LogP contribution in [-0.4, -0.2) is 84.5 Å². The smallest absolute Gasteiger partial charge is 0.264 e. The number of hydrogen-bond acceptors (Lipinski definition) is 5. The van der Waals surface area contributed by atoms with Crippen LogP contribution >= 0.6 is 11.3 Å². The Labute approximate surface area is 146 Å². The van der Waals surface area contributed by atoms with Gasteiger partial charge in [-0.1, -0.05) is 6.07 Å². The second-order valence-corrected chi connectivity index (χ2v) is 7.59. The maximum atomic E-state index is 12.7. The highest BCUT2D eigenvalue weighted by Gasteiger charge is 2.48. The highest BCUT2D eigenvalue weighted by molar-refractivity contribution is 7.12. The number of rotatable bonds is 4. The molecular formula is C17H23N3O3S. The van der Waals surface area contributed by atoms with Gasteiger partial charge in [0.25, 0.3) is 5.91 Å². The molecule has 3 fully saturated rings. The fourth-order valence-electron chi connectivity index (χ4n) is 4.09. The van der Waals surface area contributed by atoms with E-state index in [0.29, 0.717) is 6.42 Å². The van der Waals surface area contributed by atoms with Crippen LogP contribution in [0.15, 0.2) is 17.5 Å². The van der Waals surface area contributed by atoms with E-state index in [1.54, 1.807) is 0 Å². The number of hydrogen-bond donors (Lipinski definition) is 0. The van der Waals surface area contributed by atoms with Gasteiger partial charge in [0.05, 0.1) is 30.2 Å². The lowest BCUT2D eigenvalue weighted by molar-refractivity contribution is -0.129. The summed E-state index contributed by atoms with van der Waals surface area (Å²) in [5.41, 5.74) is 0. The van der Waals surface area contributed by atoms with Crippen LogP contribution in [0.1, 0.15) is 22.5 Å². The van der Waals surface area contributed by atoms with Gasteiger partial charge in [-0.15, -0.1) is 11.3 Å². The van der Waals surface area contributed by atoms with E-state index in [9.17, 15) is 9.59 Å². The molecule has 0 spiro atoms. The van der Waals surface area contributed by atoms with Gasteiger partial charge in [-0.05, 0) is 17.9 Å². The molecule has 0 unspecified atom stereocenters. The minimum atomic E-state index is 0.0526. The molecule has 4 rings (SSSR count). The first-order valence-corrected chi connectivity index (χ1v) is 9.56. The van der Waals surface area contributed by atoms with E-state index in [1.165, 1.54) is 11.3 Å². The largest absolute Gasteiger partial charge is 0.379 e. The van der Waals surface area contributed by atoms with Gasteiger partial charge in [-0.3, -0.25) is 14.5 Å². The number of fused-ring (bicyclic) bond motifs is 1. The fourth-order valence-corrected chi connectivity index (χ4v) is 4.77. The number of amides is 2. The van der Waals surface area contributed by atoms with Gasteiger partial charge in [-0.25, -0.2) is 0 Å². The Morgan fingerprint density at radius 1 is 1.21 bits per heavy atom. The normalized spacial score (nSPS) is 27.8. The third-order valence-electron chi connectivity index (χ3n) is 5.37. The highest BCUT2D eigenvalue weighted by Crippen LogP contribution is 2.33. The standard InChI is InChI=1S/C17H23N3O3S/c21-16-12-14-13(19(16)6-5-18-7-9-23-10-8-18)3-4-20(14)17(22)15-2-1-11-24-15/h1-2,11,13-14H,3-10,12H2/t13-,14+/m1/s1. The van der Waals surface area contributed by atoms with Crippen LogP contribution in [0.3, 0.4) is 0 Å². The minimum absolute atomic E-state index is 0.0526. The third kappa shape index (κ3) is 2.96. The van der Waals surface area contributed by atoms with Gasteiger partial charge in [0.2, 0.25) is 5.91 Å². The molecule has 3 aliphatic heterocycles. The lowest BCUT2D eigenvalue weighted by Gasteiger charge is -2.30. The van der Waals surface area contributed by atoms with Crippen LogP contribution in [-0.2, 0) is 9.53 Å². The van der Waals surface area contributed by atoms with Crippen molar-refractivity contribution in [3.8, 4) is 0 Å². The molecule has 3 aliphatic rings. The fraction of sp³-hybridized carbons (Fsp3) is 0.647. The number of morpholine rings is 1. The maximum Gasteiger partial charge on any atom is 0.264 e. The molecule has 2 atom stereocenters. The first kappa shape index (κ1) is 16.1. The number of thiophene rings is 1. The van der Waals surface area contributed by atoms with E-state index in [1.807, 2.05) is 27.3 Å². The summed E-state index contributed by atoms with van der Waals surface area (Å²) < 4.78 is 5.37. The summed E-state index contributed by atoms with van der Waals surface area (Å²) in [6, 6.07) is 4.02. The van der Waals surface area contributed by atoms with Gasteiger partial charge in [0, 0.05) is 39.1 Å². The van der Waals surface area contributed by atoms with E-state index in [0.717, 1.165) is 57.2 Å². The lowest BCUT2D eigenvalue weighted by atomic mass is 10.1. The molecule has 1 aromatic rings. The Morgan fingerprint density at radius 2 is 2.04 bits per heavy atom. The van der Waals surface area contributed by atoms with Crippen molar-refractivity contribution in [1.82, 2.24) is 14.7 Å². The first-order chi connectivity index (χ1) is 11.7. The Hall–Kier alpha value is -1.44. The van der Waals surface area contributed by atoms with E-state index in [2.05, 4.69) is 4.90 Å². The van der Waals surface area contributed by atoms with Crippen molar-refractivity contribution in [3.63, 3.8) is 0 Å². The zero-order chi connectivity index (χ0) is 16.5. The SMILES string of the molecule is O=C1C[C@H]2[C@@H](CCN2C(=O)c2cccs2)N1CCN1CCOCC1. The van der Waals surface area contributed by atoms with Crippen molar-refractivity contribution >= 4 is 23.2 Å². The van der Waals surface area contributed by atoms with Crippen molar-refractivity contribution in [2.24, 2.45) is 0 Å². The molecular weight excluding hydrogens is 326 g/mol. The molecule has 24 heavy (non-hydrogen) atoms. The maximum absolute atomic E-state index is 12.7. The number of likely N-dealkylation sites (tertiary alicyclic amines) is 2. The van der Waals surface area contributed by atoms with Crippen LogP contribution < -0.4 is 0 Å². The van der Waals surface area contributed by atoms with Crippen molar-refractivity contribution in [1.29, 1.82) is 0 Å². The van der Waals surface area contributed by atoms with Gasteiger partial charge < -0.3 is 14.5 Å². The molecule has 1 aromatic heterocycles. The van der Waals surface area contributed by atoms with Crippen molar-refractivity contribution < 1.29 is 14.3 Å². The predicted octanol–water partition coefficient (Wildman–Crippen LogP) is 0.896. The highest BCUT2D eigenvalue weighted by atomic mass is 32.1. The molecule has 0 aliphatic carbocycles. The summed E-state index contributed by atoms with van der Waals surface area (Å²) in [4.78, 5) is 32.2. The minimum Gasteiger partial charge on any atom is -0.379 e. The molecule has 0 N–H and O–H groups in total. The van der Waals surface area contributed by atoms with Crippen LogP contribution in [0, 0.1) is 0 Å². The molecule has 130 valence electrons. The summed E-state index contributed by atoms with van der Waals surface area (Å²) in [5, 5.41) is 1.93. The van der Waals surface area contributed by atoms with Crippen molar-refractivity contribution in [2.75, 3.05) is 45.9 Å².